The Bertz CT molecular complexity index is 1210. The van der Waals surface area contributed by atoms with Crippen molar-refractivity contribution < 1.29 is 4.79 Å². The van der Waals surface area contributed by atoms with Gasteiger partial charge >= 0.3 is 0 Å². The number of rotatable bonds is 3. The summed E-state index contributed by atoms with van der Waals surface area (Å²) in [7, 11) is 0. The van der Waals surface area contributed by atoms with Gasteiger partial charge in [-0.05, 0) is 56.5 Å². The summed E-state index contributed by atoms with van der Waals surface area (Å²) in [5, 5.41) is 1.23. The number of nitrogens with one attached hydrogen (secondary N) is 1. The molecule has 152 valence electrons. The minimum absolute atomic E-state index is 0.108. The van der Waals surface area contributed by atoms with Crippen molar-refractivity contribution in [2.45, 2.75) is 32.6 Å². The van der Waals surface area contributed by atoms with Crippen LogP contribution in [0.15, 0.2) is 48.2 Å². The SMILES string of the molecule is Cc1ccc2[nH]c(C3CCCN(C(=O)c4scnc4C)C3)c(-c3ccncc3)c2c1. The third-order valence-corrected chi connectivity index (χ3v) is 6.93. The average Bonchev–Trinajstić information content (AvgIpc) is 3.37. The second-order valence-electron chi connectivity index (χ2n) is 8.06. The van der Waals surface area contributed by atoms with Gasteiger partial charge in [-0.25, -0.2) is 4.98 Å². The number of carbonyl (C=O) groups is 1. The van der Waals surface area contributed by atoms with E-state index in [-0.39, 0.29) is 11.8 Å². The van der Waals surface area contributed by atoms with Gasteiger partial charge in [-0.1, -0.05) is 11.6 Å². The normalized spacial score (nSPS) is 16.9. The third-order valence-electron chi connectivity index (χ3n) is 6.01. The third kappa shape index (κ3) is 3.31. The number of fused-ring (bicyclic) bond motifs is 1. The number of pyridine rings is 1. The van der Waals surface area contributed by atoms with Crippen molar-refractivity contribution in [1.82, 2.24) is 19.9 Å². The van der Waals surface area contributed by atoms with Gasteiger partial charge in [0, 0.05) is 53.6 Å². The predicted molar refractivity (Wildman–Crippen MR) is 121 cm³/mol. The van der Waals surface area contributed by atoms with E-state index in [1.165, 1.54) is 39.1 Å². The number of benzene rings is 1. The molecule has 5 nitrogen and oxygen atoms in total. The lowest BCUT2D eigenvalue weighted by molar-refractivity contribution is 0.0710. The Morgan fingerprint density at radius 2 is 2.03 bits per heavy atom. The number of hydrogen-bond acceptors (Lipinski definition) is 4. The van der Waals surface area contributed by atoms with Crippen LogP contribution >= 0.6 is 11.3 Å². The zero-order valence-corrected chi connectivity index (χ0v) is 18.0. The molecule has 1 aliphatic rings. The second kappa shape index (κ2) is 7.69. The largest absolute Gasteiger partial charge is 0.358 e. The number of carbonyl (C=O) groups excluding carboxylic acids is 1. The highest BCUT2D eigenvalue weighted by Crippen LogP contribution is 2.39. The summed E-state index contributed by atoms with van der Waals surface area (Å²) in [4.78, 5) is 28.0. The fourth-order valence-corrected chi connectivity index (χ4v) is 5.28. The Hall–Kier alpha value is -2.99. The highest BCUT2D eigenvalue weighted by atomic mass is 32.1. The van der Waals surface area contributed by atoms with Gasteiger partial charge in [0.1, 0.15) is 4.88 Å². The van der Waals surface area contributed by atoms with E-state index >= 15 is 0 Å². The van der Waals surface area contributed by atoms with Crippen molar-refractivity contribution in [2.24, 2.45) is 0 Å². The molecule has 5 rings (SSSR count). The Morgan fingerprint density at radius 3 is 2.80 bits per heavy atom. The number of nitrogens with zero attached hydrogens (tertiary/aromatic N) is 3. The summed E-state index contributed by atoms with van der Waals surface area (Å²) in [6.07, 6.45) is 5.75. The highest BCUT2D eigenvalue weighted by molar-refractivity contribution is 7.11. The molecule has 1 saturated heterocycles. The van der Waals surface area contributed by atoms with Crippen molar-refractivity contribution in [3.05, 3.63) is 70.1 Å². The molecule has 1 N–H and O–H groups in total. The van der Waals surface area contributed by atoms with E-state index in [2.05, 4.69) is 52.2 Å². The number of aromatic nitrogens is 3. The van der Waals surface area contributed by atoms with Crippen LogP contribution in [0.3, 0.4) is 0 Å². The van der Waals surface area contributed by atoms with Crippen LogP contribution in [0.5, 0.6) is 0 Å². The Labute approximate surface area is 179 Å². The first-order valence-electron chi connectivity index (χ1n) is 10.3. The van der Waals surface area contributed by atoms with Crippen LogP contribution in [0.1, 0.15) is 45.4 Å². The summed E-state index contributed by atoms with van der Waals surface area (Å²) in [5.41, 5.74) is 8.59. The van der Waals surface area contributed by atoms with E-state index in [1.54, 1.807) is 5.51 Å². The molecule has 0 saturated carbocycles. The number of hydrogen-bond donors (Lipinski definition) is 1. The first kappa shape index (κ1) is 19.0. The van der Waals surface area contributed by atoms with Gasteiger partial charge in [-0.2, -0.15) is 0 Å². The van der Waals surface area contributed by atoms with E-state index in [4.69, 9.17) is 0 Å². The smallest absolute Gasteiger partial charge is 0.265 e. The van der Waals surface area contributed by atoms with Gasteiger partial charge in [-0.15, -0.1) is 11.3 Å². The summed E-state index contributed by atoms with van der Waals surface area (Å²) >= 11 is 1.44. The lowest BCUT2D eigenvalue weighted by Gasteiger charge is -2.33. The molecule has 0 radical (unpaired) electrons. The number of aromatic amines is 1. The molecule has 3 aromatic heterocycles. The van der Waals surface area contributed by atoms with Crippen molar-refractivity contribution in [3.8, 4) is 11.1 Å². The van der Waals surface area contributed by atoms with E-state index < -0.39 is 0 Å². The lowest BCUT2D eigenvalue weighted by Crippen LogP contribution is -2.39. The van der Waals surface area contributed by atoms with Crippen molar-refractivity contribution in [1.29, 1.82) is 0 Å². The van der Waals surface area contributed by atoms with Gasteiger partial charge in [0.05, 0.1) is 11.2 Å². The Balaban J connectivity index is 1.56. The first-order chi connectivity index (χ1) is 14.6. The fourth-order valence-electron chi connectivity index (χ4n) is 4.51. The summed E-state index contributed by atoms with van der Waals surface area (Å²) in [5.74, 6) is 0.379. The van der Waals surface area contributed by atoms with Gasteiger partial charge in [0.2, 0.25) is 0 Å². The van der Waals surface area contributed by atoms with Crippen molar-refractivity contribution >= 4 is 28.1 Å². The molecule has 1 unspecified atom stereocenters. The minimum Gasteiger partial charge on any atom is -0.358 e. The quantitative estimate of drug-likeness (QED) is 0.491. The molecule has 1 aliphatic heterocycles. The zero-order valence-electron chi connectivity index (χ0n) is 17.2. The van der Waals surface area contributed by atoms with Crippen molar-refractivity contribution in [2.75, 3.05) is 13.1 Å². The first-order valence-corrected chi connectivity index (χ1v) is 11.2. The van der Waals surface area contributed by atoms with Crippen LogP contribution < -0.4 is 0 Å². The van der Waals surface area contributed by atoms with Crippen LogP contribution in [0.25, 0.3) is 22.0 Å². The minimum atomic E-state index is 0.108. The van der Waals surface area contributed by atoms with Gasteiger partial charge < -0.3 is 9.88 Å². The zero-order chi connectivity index (χ0) is 20.7. The topological polar surface area (TPSA) is 61.9 Å². The predicted octanol–water partition coefficient (Wildman–Crippen LogP) is 5.32. The number of likely N-dealkylation sites (tertiary alicyclic amines) is 1. The number of aryl methyl sites for hydroxylation is 2. The van der Waals surface area contributed by atoms with Crippen LogP contribution in [-0.2, 0) is 0 Å². The molecule has 1 fully saturated rings. The molecule has 30 heavy (non-hydrogen) atoms. The number of amides is 1. The monoisotopic (exact) mass is 416 g/mol. The molecule has 4 aromatic rings. The number of H-pyrrole nitrogens is 1. The van der Waals surface area contributed by atoms with Gasteiger partial charge in [-0.3, -0.25) is 9.78 Å². The summed E-state index contributed by atoms with van der Waals surface area (Å²) in [6.45, 7) is 5.56. The van der Waals surface area contributed by atoms with Crippen LogP contribution in [0, 0.1) is 13.8 Å². The molecule has 1 aromatic carbocycles. The molecular weight excluding hydrogens is 392 g/mol. The van der Waals surface area contributed by atoms with Gasteiger partial charge in [0.15, 0.2) is 0 Å². The maximum absolute atomic E-state index is 13.1. The maximum atomic E-state index is 13.1. The number of thiazole rings is 1. The molecule has 0 aliphatic carbocycles. The summed E-state index contributed by atoms with van der Waals surface area (Å²) < 4.78 is 0. The molecule has 0 bridgehead atoms. The molecule has 0 spiro atoms. The van der Waals surface area contributed by atoms with Crippen LogP contribution in [0.2, 0.25) is 0 Å². The Morgan fingerprint density at radius 1 is 1.20 bits per heavy atom. The fraction of sp³-hybridized carbons (Fsp3) is 0.292. The van der Waals surface area contributed by atoms with E-state index in [1.807, 2.05) is 24.2 Å². The maximum Gasteiger partial charge on any atom is 0.265 e. The van der Waals surface area contributed by atoms with E-state index in [0.717, 1.165) is 42.0 Å². The van der Waals surface area contributed by atoms with E-state index in [0.29, 0.717) is 0 Å². The second-order valence-corrected chi connectivity index (χ2v) is 8.91. The summed E-state index contributed by atoms with van der Waals surface area (Å²) in [6, 6.07) is 10.7. The van der Waals surface area contributed by atoms with E-state index in [9.17, 15) is 4.79 Å². The molecular formula is C24H24N4OS. The Kier molecular flexibility index (Phi) is 4.87. The van der Waals surface area contributed by atoms with Crippen LogP contribution in [0.4, 0.5) is 0 Å². The molecule has 1 amide bonds. The van der Waals surface area contributed by atoms with Crippen molar-refractivity contribution in [3.63, 3.8) is 0 Å². The van der Waals surface area contributed by atoms with Gasteiger partial charge in [0.25, 0.3) is 5.91 Å². The average molecular weight is 417 g/mol. The molecule has 1 atom stereocenters. The highest BCUT2D eigenvalue weighted by Gasteiger charge is 2.30. The van der Waals surface area contributed by atoms with Crippen LogP contribution in [-0.4, -0.2) is 38.8 Å². The lowest BCUT2D eigenvalue weighted by atomic mass is 9.89. The molecule has 6 heteroatoms. The molecule has 4 heterocycles. The number of piperidine rings is 1. The standard InChI is InChI=1S/C24H24N4OS/c1-15-5-6-20-19(12-15)21(17-7-9-25-10-8-17)22(27-20)18-4-3-11-28(13-18)24(29)23-16(2)26-14-30-23/h5-10,12,14,18,27H,3-4,11,13H2,1-2H3.